The Morgan fingerprint density at radius 3 is 2.48 bits per heavy atom. The Hall–Kier alpha value is -2.62. The molecule has 0 saturated heterocycles. The summed E-state index contributed by atoms with van der Waals surface area (Å²) in [5, 5.41) is 4.45. The van der Waals surface area contributed by atoms with Crippen molar-refractivity contribution in [2.75, 3.05) is 0 Å². The van der Waals surface area contributed by atoms with Gasteiger partial charge in [-0.15, -0.1) is 0 Å². The first-order chi connectivity index (χ1) is 10.1. The fourth-order valence-corrected chi connectivity index (χ4v) is 2.35. The molecule has 0 aliphatic heterocycles. The molecule has 2 aromatic heterocycles. The summed E-state index contributed by atoms with van der Waals surface area (Å²) in [4.78, 5) is 11.4. The SMILES string of the molecule is CC(c1ccccc1)n1cc(-c2ccc(=O)n(C)c2)cn1. The van der Waals surface area contributed by atoms with Gasteiger partial charge in [0.15, 0.2) is 0 Å². The number of nitrogens with zero attached hydrogens (tertiary/aromatic N) is 3. The summed E-state index contributed by atoms with van der Waals surface area (Å²) < 4.78 is 3.52. The highest BCUT2D eigenvalue weighted by Crippen LogP contribution is 2.21. The van der Waals surface area contributed by atoms with Crippen LogP contribution in [0.25, 0.3) is 11.1 Å². The Labute approximate surface area is 123 Å². The summed E-state index contributed by atoms with van der Waals surface area (Å²) in [7, 11) is 1.75. The number of benzene rings is 1. The van der Waals surface area contributed by atoms with Crippen LogP contribution in [0.4, 0.5) is 0 Å². The van der Waals surface area contributed by atoms with E-state index in [-0.39, 0.29) is 11.6 Å². The van der Waals surface area contributed by atoms with Gasteiger partial charge in [-0.3, -0.25) is 9.48 Å². The van der Waals surface area contributed by atoms with E-state index in [2.05, 4.69) is 24.2 Å². The molecule has 1 unspecified atom stereocenters. The van der Waals surface area contributed by atoms with Crippen LogP contribution >= 0.6 is 0 Å². The van der Waals surface area contributed by atoms with E-state index < -0.39 is 0 Å². The first-order valence-corrected chi connectivity index (χ1v) is 6.91. The third kappa shape index (κ3) is 2.65. The Bertz CT molecular complexity index is 802. The van der Waals surface area contributed by atoms with E-state index in [9.17, 15) is 4.79 Å². The van der Waals surface area contributed by atoms with Crippen LogP contribution in [-0.4, -0.2) is 14.3 Å². The lowest BCUT2D eigenvalue weighted by Gasteiger charge is -2.12. The number of hydrogen-bond acceptors (Lipinski definition) is 2. The second-order valence-corrected chi connectivity index (χ2v) is 5.16. The fraction of sp³-hybridized carbons (Fsp3) is 0.176. The van der Waals surface area contributed by atoms with E-state index in [1.54, 1.807) is 17.7 Å². The average molecular weight is 279 g/mol. The fourth-order valence-electron chi connectivity index (χ4n) is 2.35. The molecule has 0 amide bonds. The maximum atomic E-state index is 11.4. The van der Waals surface area contributed by atoms with Crippen LogP contribution in [0, 0.1) is 0 Å². The van der Waals surface area contributed by atoms with E-state index in [0.29, 0.717) is 0 Å². The van der Waals surface area contributed by atoms with Gasteiger partial charge in [0.05, 0.1) is 12.2 Å². The second kappa shape index (κ2) is 5.40. The zero-order valence-electron chi connectivity index (χ0n) is 12.1. The van der Waals surface area contributed by atoms with Gasteiger partial charge < -0.3 is 4.57 Å². The largest absolute Gasteiger partial charge is 0.318 e. The van der Waals surface area contributed by atoms with Crippen molar-refractivity contribution in [3.8, 4) is 11.1 Å². The van der Waals surface area contributed by atoms with Crippen molar-refractivity contribution in [2.45, 2.75) is 13.0 Å². The van der Waals surface area contributed by atoms with Crippen molar-refractivity contribution >= 4 is 0 Å². The van der Waals surface area contributed by atoms with Gasteiger partial charge in [-0.05, 0) is 18.6 Å². The minimum Gasteiger partial charge on any atom is -0.318 e. The van der Waals surface area contributed by atoms with Gasteiger partial charge in [-0.2, -0.15) is 5.10 Å². The number of aromatic nitrogens is 3. The predicted molar refractivity (Wildman–Crippen MR) is 83.2 cm³/mol. The number of aryl methyl sites for hydroxylation is 1. The third-order valence-electron chi connectivity index (χ3n) is 3.70. The molecule has 3 aromatic rings. The third-order valence-corrected chi connectivity index (χ3v) is 3.70. The molecule has 2 heterocycles. The minimum absolute atomic E-state index is 0.0104. The summed E-state index contributed by atoms with van der Waals surface area (Å²) >= 11 is 0. The zero-order valence-corrected chi connectivity index (χ0v) is 12.1. The van der Waals surface area contributed by atoms with Gasteiger partial charge in [-0.1, -0.05) is 30.3 Å². The average Bonchev–Trinajstić information content (AvgIpc) is 3.00. The summed E-state index contributed by atoms with van der Waals surface area (Å²) in [6.45, 7) is 2.12. The van der Waals surface area contributed by atoms with Crippen LogP contribution < -0.4 is 5.56 Å². The van der Waals surface area contributed by atoms with Crippen LogP contribution in [-0.2, 0) is 7.05 Å². The molecule has 0 N–H and O–H groups in total. The maximum Gasteiger partial charge on any atom is 0.250 e. The Balaban J connectivity index is 1.93. The molecule has 0 bridgehead atoms. The first-order valence-electron chi connectivity index (χ1n) is 6.91. The molecular weight excluding hydrogens is 262 g/mol. The highest BCUT2D eigenvalue weighted by atomic mass is 16.1. The standard InChI is InChI=1S/C17H17N3O/c1-13(14-6-4-3-5-7-14)20-12-16(10-18-20)15-8-9-17(21)19(2)11-15/h3-13H,1-2H3. The second-order valence-electron chi connectivity index (χ2n) is 5.16. The Kier molecular flexibility index (Phi) is 3.44. The number of pyridine rings is 1. The summed E-state index contributed by atoms with van der Waals surface area (Å²) in [6, 6.07) is 13.8. The molecule has 3 rings (SSSR count). The maximum absolute atomic E-state index is 11.4. The van der Waals surface area contributed by atoms with Crippen LogP contribution in [0.15, 0.2) is 65.8 Å². The van der Waals surface area contributed by atoms with Crippen LogP contribution in [0.1, 0.15) is 18.5 Å². The summed E-state index contributed by atoms with van der Waals surface area (Å²) in [5.74, 6) is 0. The Morgan fingerprint density at radius 2 is 1.76 bits per heavy atom. The quantitative estimate of drug-likeness (QED) is 0.739. The van der Waals surface area contributed by atoms with Gasteiger partial charge in [0, 0.05) is 36.6 Å². The normalized spacial score (nSPS) is 12.3. The molecule has 0 radical (unpaired) electrons. The van der Waals surface area contributed by atoms with Crippen LogP contribution in [0.5, 0.6) is 0 Å². The molecule has 0 aliphatic rings. The molecule has 0 spiro atoms. The molecule has 21 heavy (non-hydrogen) atoms. The van der Waals surface area contributed by atoms with Gasteiger partial charge in [0.25, 0.3) is 0 Å². The number of hydrogen-bond donors (Lipinski definition) is 0. The van der Waals surface area contributed by atoms with Crippen LogP contribution in [0.3, 0.4) is 0 Å². The molecule has 1 aromatic carbocycles. The highest BCUT2D eigenvalue weighted by molar-refractivity contribution is 5.60. The van der Waals surface area contributed by atoms with Crippen LogP contribution in [0.2, 0.25) is 0 Å². The van der Waals surface area contributed by atoms with Crippen molar-refractivity contribution in [3.63, 3.8) is 0 Å². The van der Waals surface area contributed by atoms with Crippen molar-refractivity contribution < 1.29 is 0 Å². The minimum atomic E-state index is -0.0104. The van der Waals surface area contributed by atoms with Crippen molar-refractivity contribution in [3.05, 3.63) is 77.0 Å². The van der Waals surface area contributed by atoms with Gasteiger partial charge in [0.1, 0.15) is 0 Å². The van der Waals surface area contributed by atoms with Gasteiger partial charge >= 0.3 is 0 Å². The lowest BCUT2D eigenvalue weighted by molar-refractivity contribution is 0.565. The zero-order chi connectivity index (χ0) is 14.8. The molecule has 0 saturated carbocycles. The molecule has 0 fully saturated rings. The van der Waals surface area contributed by atoms with Crippen molar-refractivity contribution in [2.24, 2.45) is 7.05 Å². The van der Waals surface area contributed by atoms with E-state index >= 15 is 0 Å². The molecule has 106 valence electrons. The summed E-state index contributed by atoms with van der Waals surface area (Å²) in [5.41, 5.74) is 3.20. The lowest BCUT2D eigenvalue weighted by atomic mass is 10.1. The molecule has 4 nitrogen and oxygen atoms in total. The summed E-state index contributed by atoms with van der Waals surface area (Å²) in [6.07, 6.45) is 5.67. The lowest BCUT2D eigenvalue weighted by Crippen LogP contribution is -2.13. The molecule has 4 heteroatoms. The predicted octanol–water partition coefficient (Wildman–Crippen LogP) is 2.86. The first kappa shape index (κ1) is 13.4. The van der Waals surface area contributed by atoms with E-state index in [1.807, 2.05) is 47.5 Å². The topological polar surface area (TPSA) is 39.8 Å². The molecular formula is C17H17N3O. The van der Waals surface area contributed by atoms with Gasteiger partial charge in [-0.25, -0.2) is 0 Å². The van der Waals surface area contributed by atoms with Crippen molar-refractivity contribution in [1.82, 2.24) is 14.3 Å². The van der Waals surface area contributed by atoms with E-state index in [1.165, 1.54) is 5.56 Å². The number of rotatable bonds is 3. The monoisotopic (exact) mass is 279 g/mol. The van der Waals surface area contributed by atoms with Crippen molar-refractivity contribution in [1.29, 1.82) is 0 Å². The molecule has 1 atom stereocenters. The van der Waals surface area contributed by atoms with E-state index in [0.717, 1.165) is 11.1 Å². The van der Waals surface area contributed by atoms with Gasteiger partial charge in [0.2, 0.25) is 5.56 Å². The smallest absolute Gasteiger partial charge is 0.250 e. The highest BCUT2D eigenvalue weighted by Gasteiger charge is 2.10. The Morgan fingerprint density at radius 1 is 1.00 bits per heavy atom. The van der Waals surface area contributed by atoms with E-state index in [4.69, 9.17) is 0 Å². The molecule has 0 aliphatic carbocycles.